The van der Waals surface area contributed by atoms with Gasteiger partial charge in [-0.2, -0.15) is 0 Å². The Balaban J connectivity index is 0.00000364. The second-order valence-electron chi connectivity index (χ2n) is 6.57. The number of rotatable bonds is 7. The summed E-state index contributed by atoms with van der Waals surface area (Å²) in [7, 11) is 3.94. The van der Waals surface area contributed by atoms with Crippen molar-refractivity contribution in [1.82, 2.24) is 15.6 Å². The molecule has 2 rings (SSSR count). The van der Waals surface area contributed by atoms with E-state index in [1.807, 2.05) is 68.4 Å². The topological polar surface area (TPSA) is 72.8 Å². The molecule has 1 unspecified atom stereocenters. The normalized spacial score (nSPS) is 13.3. The maximum absolute atomic E-state index is 10.7. The van der Waals surface area contributed by atoms with Crippen LogP contribution in [-0.2, 0) is 12.1 Å². The average Bonchev–Trinajstić information content (AvgIpc) is 2.65. The van der Waals surface area contributed by atoms with Gasteiger partial charge in [-0.3, -0.25) is 0 Å². The Morgan fingerprint density at radius 1 is 1.15 bits per heavy atom. The zero-order valence-corrected chi connectivity index (χ0v) is 18.8. The molecule has 2 aromatic rings. The number of aliphatic imine (C=N–C) groups is 1. The lowest BCUT2D eigenvalue weighted by Crippen LogP contribution is -2.44. The average molecular weight is 483 g/mol. The van der Waals surface area contributed by atoms with Gasteiger partial charge in [0, 0.05) is 32.4 Å². The van der Waals surface area contributed by atoms with Crippen LogP contribution in [0.3, 0.4) is 0 Å². The fraction of sp³-hybridized carbons (Fsp3) is 0.400. The number of benzene rings is 1. The lowest BCUT2D eigenvalue weighted by atomic mass is 9.96. The largest absolute Gasteiger partial charge is 0.384 e. The molecule has 0 spiro atoms. The molecule has 0 aliphatic rings. The fourth-order valence-corrected chi connectivity index (χ4v) is 2.62. The van der Waals surface area contributed by atoms with Gasteiger partial charge in [0.05, 0.1) is 13.1 Å². The van der Waals surface area contributed by atoms with E-state index >= 15 is 0 Å². The quantitative estimate of drug-likeness (QED) is 0.321. The minimum absolute atomic E-state index is 0. The number of hydrogen-bond acceptors (Lipinski definition) is 4. The number of pyridine rings is 1. The van der Waals surface area contributed by atoms with Crippen LogP contribution >= 0.6 is 24.0 Å². The Morgan fingerprint density at radius 3 is 2.48 bits per heavy atom. The zero-order chi connectivity index (χ0) is 19.0. The van der Waals surface area contributed by atoms with Crippen LogP contribution in [0.4, 0.5) is 5.82 Å². The molecule has 1 aromatic carbocycles. The van der Waals surface area contributed by atoms with Crippen molar-refractivity contribution in [2.75, 3.05) is 32.1 Å². The highest BCUT2D eigenvalue weighted by molar-refractivity contribution is 14.0. The highest BCUT2D eigenvalue weighted by Gasteiger charge is 2.22. The highest BCUT2D eigenvalue weighted by atomic mass is 127. The molecule has 0 radical (unpaired) electrons. The molecule has 3 N–H and O–H groups in total. The van der Waals surface area contributed by atoms with E-state index in [1.165, 1.54) is 0 Å². The van der Waals surface area contributed by atoms with Crippen molar-refractivity contribution >= 4 is 35.8 Å². The van der Waals surface area contributed by atoms with Gasteiger partial charge in [0.25, 0.3) is 0 Å². The Kier molecular flexibility index (Phi) is 9.51. The molecule has 6 nitrogen and oxygen atoms in total. The summed E-state index contributed by atoms with van der Waals surface area (Å²) < 4.78 is 0. The zero-order valence-electron chi connectivity index (χ0n) is 16.4. The van der Waals surface area contributed by atoms with Crippen LogP contribution in [0.5, 0.6) is 0 Å². The summed E-state index contributed by atoms with van der Waals surface area (Å²) in [5.74, 6) is 1.57. The first-order chi connectivity index (χ1) is 12.4. The van der Waals surface area contributed by atoms with Crippen molar-refractivity contribution < 1.29 is 5.11 Å². The van der Waals surface area contributed by atoms with Crippen molar-refractivity contribution in [2.45, 2.75) is 26.0 Å². The van der Waals surface area contributed by atoms with E-state index in [-0.39, 0.29) is 24.0 Å². The van der Waals surface area contributed by atoms with Crippen molar-refractivity contribution in [1.29, 1.82) is 0 Å². The van der Waals surface area contributed by atoms with Gasteiger partial charge in [-0.1, -0.05) is 36.4 Å². The molecular weight excluding hydrogens is 453 g/mol. The minimum Gasteiger partial charge on any atom is -0.384 e. The SMILES string of the molecule is CCNC(=NCc1cccnc1N(C)C)NCC(C)(O)c1ccccc1.I. The Bertz CT molecular complexity index is 719. The summed E-state index contributed by atoms with van der Waals surface area (Å²) in [4.78, 5) is 11.0. The second-order valence-corrected chi connectivity index (χ2v) is 6.57. The number of halogens is 1. The molecule has 0 aliphatic heterocycles. The Morgan fingerprint density at radius 2 is 1.85 bits per heavy atom. The lowest BCUT2D eigenvalue weighted by molar-refractivity contribution is 0.0617. The smallest absolute Gasteiger partial charge is 0.191 e. The molecule has 0 saturated carbocycles. The molecule has 1 heterocycles. The Labute approximate surface area is 179 Å². The van der Waals surface area contributed by atoms with E-state index < -0.39 is 5.60 Å². The van der Waals surface area contributed by atoms with Gasteiger partial charge in [-0.25, -0.2) is 9.98 Å². The minimum atomic E-state index is -0.986. The van der Waals surface area contributed by atoms with Crippen molar-refractivity contribution in [3.8, 4) is 0 Å². The van der Waals surface area contributed by atoms with Crippen molar-refractivity contribution in [3.63, 3.8) is 0 Å². The first-order valence-electron chi connectivity index (χ1n) is 8.85. The molecule has 0 amide bonds. The fourth-order valence-electron chi connectivity index (χ4n) is 2.62. The van der Waals surface area contributed by atoms with Crippen LogP contribution < -0.4 is 15.5 Å². The van der Waals surface area contributed by atoms with Crippen LogP contribution in [0.2, 0.25) is 0 Å². The Hall–Kier alpha value is -1.87. The van der Waals surface area contributed by atoms with E-state index in [4.69, 9.17) is 0 Å². The molecule has 148 valence electrons. The number of aliphatic hydroxyl groups is 1. The maximum Gasteiger partial charge on any atom is 0.191 e. The number of nitrogens with zero attached hydrogens (tertiary/aromatic N) is 3. The van der Waals surface area contributed by atoms with Gasteiger partial charge >= 0.3 is 0 Å². The van der Waals surface area contributed by atoms with E-state index in [9.17, 15) is 5.11 Å². The van der Waals surface area contributed by atoms with Gasteiger partial charge in [0.15, 0.2) is 5.96 Å². The summed E-state index contributed by atoms with van der Waals surface area (Å²) in [6.07, 6.45) is 1.78. The summed E-state index contributed by atoms with van der Waals surface area (Å²) in [6.45, 7) is 5.42. The highest BCUT2D eigenvalue weighted by Crippen LogP contribution is 2.19. The predicted octanol–water partition coefficient (Wildman–Crippen LogP) is 2.73. The monoisotopic (exact) mass is 483 g/mol. The summed E-state index contributed by atoms with van der Waals surface area (Å²) in [5, 5.41) is 17.2. The molecule has 0 bridgehead atoms. The molecule has 1 atom stereocenters. The molecule has 0 aliphatic carbocycles. The van der Waals surface area contributed by atoms with Gasteiger partial charge in [-0.15, -0.1) is 24.0 Å². The summed E-state index contributed by atoms with van der Waals surface area (Å²) >= 11 is 0. The third-order valence-electron chi connectivity index (χ3n) is 4.04. The van der Waals surface area contributed by atoms with E-state index in [0.29, 0.717) is 19.0 Å². The predicted molar refractivity (Wildman–Crippen MR) is 123 cm³/mol. The number of guanidine groups is 1. The summed E-state index contributed by atoms with van der Waals surface area (Å²) in [6, 6.07) is 13.6. The van der Waals surface area contributed by atoms with E-state index in [2.05, 4.69) is 20.6 Å². The van der Waals surface area contributed by atoms with Crippen LogP contribution in [0.1, 0.15) is 25.0 Å². The van der Waals surface area contributed by atoms with Crippen molar-refractivity contribution in [3.05, 3.63) is 59.8 Å². The molecule has 0 saturated heterocycles. The lowest BCUT2D eigenvalue weighted by Gasteiger charge is -2.25. The van der Waals surface area contributed by atoms with Crippen LogP contribution in [0.15, 0.2) is 53.7 Å². The van der Waals surface area contributed by atoms with Gasteiger partial charge in [-0.05, 0) is 25.5 Å². The molecule has 1 aromatic heterocycles. The molecule has 7 heteroatoms. The number of hydrogen-bond donors (Lipinski definition) is 3. The number of anilines is 1. The first-order valence-corrected chi connectivity index (χ1v) is 8.85. The van der Waals surface area contributed by atoms with Gasteiger partial charge < -0.3 is 20.6 Å². The summed E-state index contributed by atoms with van der Waals surface area (Å²) in [5.41, 5.74) is 0.926. The maximum atomic E-state index is 10.7. The molecule has 27 heavy (non-hydrogen) atoms. The third-order valence-corrected chi connectivity index (χ3v) is 4.04. The van der Waals surface area contributed by atoms with Gasteiger partial charge in [0.2, 0.25) is 0 Å². The van der Waals surface area contributed by atoms with E-state index in [1.54, 1.807) is 13.1 Å². The second kappa shape index (κ2) is 11.1. The number of nitrogens with one attached hydrogen (secondary N) is 2. The van der Waals surface area contributed by atoms with Crippen LogP contribution in [0.25, 0.3) is 0 Å². The molecule has 0 fully saturated rings. The third kappa shape index (κ3) is 6.99. The van der Waals surface area contributed by atoms with Crippen LogP contribution in [-0.4, -0.2) is 43.2 Å². The van der Waals surface area contributed by atoms with Crippen molar-refractivity contribution in [2.24, 2.45) is 4.99 Å². The number of aromatic nitrogens is 1. The van der Waals surface area contributed by atoms with Crippen LogP contribution in [0, 0.1) is 0 Å². The first kappa shape index (κ1) is 23.2. The molecular formula is C20H30IN5O. The van der Waals surface area contributed by atoms with E-state index in [0.717, 1.165) is 23.5 Å². The van der Waals surface area contributed by atoms with Gasteiger partial charge in [0.1, 0.15) is 11.4 Å². The standard InChI is InChI=1S/C20H29N5O.HI/c1-5-21-19(23-14-16-10-9-13-22-18(16)25(3)4)24-15-20(2,26)17-11-7-6-8-12-17;/h6-13,26H,5,14-15H2,1-4H3,(H2,21,23,24);1H.